The molecule has 9 heteroatoms. The van der Waals surface area contributed by atoms with Gasteiger partial charge in [0.05, 0.1) is 24.1 Å². The molecule has 0 spiro atoms. The molecule has 3 aromatic carbocycles. The molecule has 0 aliphatic carbocycles. The standard InChI is InChI=1S/C26H21FN4O3S/c1-3-12-31-25(17-9-4-6-10-19(17)27)29-30-26(31)35-15-24(32)28-20-14-22-18(13-23(20)33-2)16-8-5-7-11-21(16)34-22/h3-11,13-14H,1,12,15H2,2H3,(H,28,32). The third kappa shape index (κ3) is 4.38. The van der Waals surface area contributed by atoms with E-state index in [0.29, 0.717) is 40.1 Å². The Morgan fingerprint density at radius 1 is 1.14 bits per heavy atom. The number of carbonyl (C=O) groups excluding carboxylic acids is 1. The van der Waals surface area contributed by atoms with E-state index in [0.717, 1.165) is 16.4 Å². The van der Waals surface area contributed by atoms with Crippen molar-refractivity contribution in [3.8, 4) is 17.1 Å². The van der Waals surface area contributed by atoms with E-state index in [1.165, 1.54) is 17.8 Å². The first kappa shape index (κ1) is 22.7. The zero-order chi connectivity index (χ0) is 24.4. The summed E-state index contributed by atoms with van der Waals surface area (Å²) in [5, 5.41) is 13.6. The topological polar surface area (TPSA) is 82.2 Å². The molecule has 0 fully saturated rings. The SMILES string of the molecule is C=CCn1c(SCC(=O)Nc2cc3oc4ccccc4c3cc2OC)nnc1-c1ccccc1F. The number of furan rings is 1. The van der Waals surface area contributed by atoms with E-state index in [1.807, 2.05) is 30.3 Å². The van der Waals surface area contributed by atoms with Gasteiger partial charge in [-0.3, -0.25) is 9.36 Å². The minimum Gasteiger partial charge on any atom is -0.495 e. The molecule has 0 radical (unpaired) electrons. The minimum absolute atomic E-state index is 0.0634. The summed E-state index contributed by atoms with van der Waals surface area (Å²) in [6.07, 6.45) is 1.67. The van der Waals surface area contributed by atoms with Gasteiger partial charge in [-0.2, -0.15) is 0 Å². The van der Waals surface area contributed by atoms with Crippen LogP contribution in [0.2, 0.25) is 0 Å². The van der Waals surface area contributed by atoms with Crippen molar-refractivity contribution in [1.29, 1.82) is 0 Å². The number of rotatable bonds is 8. The molecule has 5 aromatic rings. The van der Waals surface area contributed by atoms with E-state index >= 15 is 0 Å². The molecule has 0 bridgehead atoms. The molecule has 1 amide bonds. The number of para-hydroxylation sites is 1. The van der Waals surface area contributed by atoms with Crippen LogP contribution in [0.3, 0.4) is 0 Å². The number of fused-ring (bicyclic) bond motifs is 3. The van der Waals surface area contributed by atoms with Crippen molar-refractivity contribution in [3.05, 3.63) is 79.1 Å². The lowest BCUT2D eigenvalue weighted by atomic mass is 10.1. The number of benzene rings is 3. The Bertz CT molecular complexity index is 1560. The summed E-state index contributed by atoms with van der Waals surface area (Å²) >= 11 is 1.20. The lowest BCUT2D eigenvalue weighted by Crippen LogP contribution is -2.15. The summed E-state index contributed by atoms with van der Waals surface area (Å²) in [6.45, 7) is 4.14. The van der Waals surface area contributed by atoms with Crippen molar-refractivity contribution in [2.45, 2.75) is 11.7 Å². The highest BCUT2D eigenvalue weighted by Gasteiger charge is 2.18. The monoisotopic (exact) mass is 488 g/mol. The van der Waals surface area contributed by atoms with Crippen LogP contribution in [-0.4, -0.2) is 33.5 Å². The molecular formula is C26H21FN4O3S. The first-order valence-corrected chi connectivity index (χ1v) is 11.8. The number of nitrogens with one attached hydrogen (secondary N) is 1. The van der Waals surface area contributed by atoms with Crippen LogP contribution < -0.4 is 10.1 Å². The summed E-state index contributed by atoms with van der Waals surface area (Å²) in [6, 6.07) is 17.7. The number of methoxy groups -OCH3 is 1. The summed E-state index contributed by atoms with van der Waals surface area (Å²) in [4.78, 5) is 12.8. The van der Waals surface area contributed by atoms with Crippen LogP contribution >= 0.6 is 11.8 Å². The Morgan fingerprint density at radius 2 is 1.94 bits per heavy atom. The van der Waals surface area contributed by atoms with Gasteiger partial charge in [-0.05, 0) is 24.3 Å². The van der Waals surface area contributed by atoms with Crippen LogP contribution in [0.25, 0.3) is 33.3 Å². The van der Waals surface area contributed by atoms with Crippen molar-refractivity contribution < 1.29 is 18.3 Å². The molecule has 2 heterocycles. The third-order valence-electron chi connectivity index (χ3n) is 5.45. The first-order chi connectivity index (χ1) is 17.1. The predicted molar refractivity (Wildman–Crippen MR) is 135 cm³/mol. The van der Waals surface area contributed by atoms with Crippen molar-refractivity contribution in [2.24, 2.45) is 0 Å². The molecule has 1 N–H and O–H groups in total. The largest absolute Gasteiger partial charge is 0.495 e. The fourth-order valence-corrected chi connectivity index (χ4v) is 4.61. The predicted octanol–water partition coefficient (Wildman–Crippen LogP) is 5.91. The second-order valence-corrected chi connectivity index (χ2v) is 8.61. The van der Waals surface area contributed by atoms with Gasteiger partial charge in [0.25, 0.3) is 0 Å². The zero-order valence-corrected chi connectivity index (χ0v) is 19.6. The van der Waals surface area contributed by atoms with Gasteiger partial charge in [0.2, 0.25) is 5.91 Å². The first-order valence-electron chi connectivity index (χ1n) is 10.8. The van der Waals surface area contributed by atoms with Crippen LogP contribution in [0.4, 0.5) is 10.1 Å². The second-order valence-electron chi connectivity index (χ2n) is 7.67. The third-order valence-corrected chi connectivity index (χ3v) is 6.42. The van der Waals surface area contributed by atoms with Gasteiger partial charge in [0, 0.05) is 23.4 Å². The van der Waals surface area contributed by atoms with Crippen LogP contribution in [0.5, 0.6) is 5.75 Å². The normalized spacial score (nSPS) is 11.1. The highest BCUT2D eigenvalue weighted by atomic mass is 32.2. The summed E-state index contributed by atoms with van der Waals surface area (Å²) < 4.78 is 27.5. The lowest BCUT2D eigenvalue weighted by Gasteiger charge is -2.11. The maximum absolute atomic E-state index is 14.3. The van der Waals surface area contributed by atoms with Crippen LogP contribution in [0, 0.1) is 5.82 Å². The van der Waals surface area contributed by atoms with Gasteiger partial charge >= 0.3 is 0 Å². The highest BCUT2D eigenvalue weighted by Crippen LogP contribution is 2.36. The van der Waals surface area contributed by atoms with Crippen LogP contribution in [-0.2, 0) is 11.3 Å². The van der Waals surface area contributed by atoms with E-state index in [2.05, 4.69) is 22.1 Å². The Hall–Kier alpha value is -4.11. The van der Waals surface area contributed by atoms with E-state index in [4.69, 9.17) is 9.15 Å². The summed E-state index contributed by atoms with van der Waals surface area (Å²) in [7, 11) is 1.55. The molecule has 0 unspecified atom stereocenters. The van der Waals surface area contributed by atoms with Gasteiger partial charge in [-0.25, -0.2) is 4.39 Å². The summed E-state index contributed by atoms with van der Waals surface area (Å²) in [5.41, 5.74) is 2.25. The fraction of sp³-hybridized carbons (Fsp3) is 0.115. The molecule has 7 nitrogen and oxygen atoms in total. The number of aromatic nitrogens is 3. The Labute approximate surface area is 204 Å². The molecule has 0 atom stereocenters. The van der Waals surface area contributed by atoms with Gasteiger partial charge < -0.3 is 14.5 Å². The van der Waals surface area contributed by atoms with E-state index < -0.39 is 5.82 Å². The van der Waals surface area contributed by atoms with Gasteiger partial charge in [0.1, 0.15) is 22.7 Å². The molecule has 0 aliphatic rings. The molecule has 35 heavy (non-hydrogen) atoms. The number of thioether (sulfide) groups is 1. The van der Waals surface area contributed by atoms with Gasteiger partial charge in [-0.1, -0.05) is 48.2 Å². The molecule has 2 aromatic heterocycles. The Morgan fingerprint density at radius 3 is 2.74 bits per heavy atom. The van der Waals surface area contributed by atoms with Crippen molar-refractivity contribution >= 4 is 45.3 Å². The number of carbonyl (C=O) groups is 1. The number of anilines is 1. The lowest BCUT2D eigenvalue weighted by molar-refractivity contribution is -0.113. The molecule has 0 saturated carbocycles. The van der Waals surface area contributed by atoms with Gasteiger partial charge in [0.15, 0.2) is 11.0 Å². The Balaban J connectivity index is 1.36. The van der Waals surface area contributed by atoms with Crippen LogP contribution in [0.1, 0.15) is 0 Å². The molecular weight excluding hydrogens is 467 g/mol. The second kappa shape index (κ2) is 9.63. The quantitative estimate of drug-likeness (QED) is 0.216. The average Bonchev–Trinajstić information content (AvgIpc) is 3.43. The van der Waals surface area contributed by atoms with Crippen LogP contribution in [0.15, 0.2) is 82.9 Å². The fourth-order valence-electron chi connectivity index (χ4n) is 3.87. The highest BCUT2D eigenvalue weighted by molar-refractivity contribution is 7.99. The molecule has 0 saturated heterocycles. The van der Waals surface area contributed by atoms with Gasteiger partial charge in [-0.15, -0.1) is 16.8 Å². The summed E-state index contributed by atoms with van der Waals surface area (Å²) in [5.74, 6) is 0.312. The maximum Gasteiger partial charge on any atom is 0.234 e. The number of hydrogen-bond acceptors (Lipinski definition) is 6. The number of ether oxygens (including phenoxy) is 1. The molecule has 176 valence electrons. The number of nitrogens with zero attached hydrogens (tertiary/aromatic N) is 3. The van der Waals surface area contributed by atoms with Crippen molar-refractivity contribution in [2.75, 3.05) is 18.2 Å². The van der Waals surface area contributed by atoms with E-state index in [1.54, 1.807) is 42.0 Å². The number of hydrogen-bond donors (Lipinski definition) is 1. The number of amides is 1. The maximum atomic E-state index is 14.3. The smallest absolute Gasteiger partial charge is 0.234 e. The number of halogens is 1. The average molecular weight is 489 g/mol. The number of allylic oxidation sites excluding steroid dienone is 1. The van der Waals surface area contributed by atoms with Crippen molar-refractivity contribution in [3.63, 3.8) is 0 Å². The Kier molecular flexibility index (Phi) is 6.24. The minimum atomic E-state index is -0.396. The van der Waals surface area contributed by atoms with E-state index in [9.17, 15) is 9.18 Å². The van der Waals surface area contributed by atoms with Crippen molar-refractivity contribution in [1.82, 2.24) is 14.8 Å². The zero-order valence-electron chi connectivity index (χ0n) is 18.8. The van der Waals surface area contributed by atoms with E-state index in [-0.39, 0.29) is 11.7 Å². The molecule has 0 aliphatic heterocycles. The molecule has 5 rings (SSSR count).